The molecule has 0 saturated heterocycles. The molecule has 0 radical (unpaired) electrons. The van der Waals surface area contributed by atoms with Crippen LogP contribution < -0.4 is 14.8 Å². The van der Waals surface area contributed by atoms with E-state index in [9.17, 15) is 9.59 Å². The largest absolute Gasteiger partial charge is 0.454 e. The number of nitrogens with zero attached hydrogens (tertiary/aromatic N) is 3. The van der Waals surface area contributed by atoms with E-state index in [-0.39, 0.29) is 25.2 Å². The minimum Gasteiger partial charge on any atom is -0.454 e. The summed E-state index contributed by atoms with van der Waals surface area (Å²) in [4.78, 5) is 29.3. The Morgan fingerprint density at radius 2 is 1.86 bits per heavy atom. The van der Waals surface area contributed by atoms with Crippen LogP contribution in [0.1, 0.15) is 30.0 Å². The van der Waals surface area contributed by atoms with Gasteiger partial charge in [0.1, 0.15) is 12.3 Å². The minimum absolute atomic E-state index is 0.0968. The fraction of sp³-hybridized carbons (Fsp3) is 0.450. The SMILES string of the molecule is CCN(CC)CCN(CC(=O)Nc1cc(C)on1)C(=O)c1ccc2c(c1)OCO2. The van der Waals surface area contributed by atoms with Gasteiger partial charge in [-0.3, -0.25) is 9.59 Å². The Labute approximate surface area is 169 Å². The first kappa shape index (κ1) is 20.7. The Morgan fingerprint density at radius 1 is 1.10 bits per heavy atom. The Morgan fingerprint density at radius 3 is 2.55 bits per heavy atom. The molecule has 29 heavy (non-hydrogen) atoms. The number of hydrogen-bond donors (Lipinski definition) is 1. The molecule has 3 rings (SSSR count). The Balaban J connectivity index is 1.72. The Hall–Kier alpha value is -3.07. The number of carbonyl (C=O) groups is 2. The highest BCUT2D eigenvalue weighted by Crippen LogP contribution is 2.32. The molecule has 9 nitrogen and oxygen atoms in total. The lowest BCUT2D eigenvalue weighted by Crippen LogP contribution is -2.42. The van der Waals surface area contributed by atoms with Crippen molar-refractivity contribution in [2.75, 3.05) is 44.8 Å². The van der Waals surface area contributed by atoms with Gasteiger partial charge in [-0.05, 0) is 38.2 Å². The predicted octanol–water partition coefficient (Wildman–Crippen LogP) is 2.13. The molecule has 1 aromatic heterocycles. The number of carbonyl (C=O) groups excluding carboxylic acids is 2. The summed E-state index contributed by atoms with van der Waals surface area (Å²) in [5, 5.41) is 6.42. The van der Waals surface area contributed by atoms with Gasteiger partial charge in [-0.25, -0.2) is 0 Å². The summed E-state index contributed by atoms with van der Waals surface area (Å²) in [7, 11) is 0. The van der Waals surface area contributed by atoms with Gasteiger partial charge in [0.05, 0.1) is 0 Å². The lowest BCUT2D eigenvalue weighted by atomic mass is 10.1. The van der Waals surface area contributed by atoms with Crippen LogP contribution in [-0.4, -0.2) is 66.3 Å². The van der Waals surface area contributed by atoms with Crippen LogP contribution >= 0.6 is 0 Å². The normalized spacial score (nSPS) is 12.3. The monoisotopic (exact) mass is 402 g/mol. The van der Waals surface area contributed by atoms with Crippen molar-refractivity contribution < 1.29 is 23.6 Å². The molecule has 0 unspecified atom stereocenters. The van der Waals surface area contributed by atoms with Crippen LogP contribution in [0.25, 0.3) is 0 Å². The summed E-state index contributed by atoms with van der Waals surface area (Å²) in [5.41, 5.74) is 0.443. The van der Waals surface area contributed by atoms with Crippen LogP contribution in [0.3, 0.4) is 0 Å². The average Bonchev–Trinajstić information content (AvgIpc) is 3.35. The highest BCUT2D eigenvalue weighted by molar-refractivity contribution is 5.99. The number of nitrogens with one attached hydrogen (secondary N) is 1. The van der Waals surface area contributed by atoms with Crippen LogP contribution in [0.5, 0.6) is 11.5 Å². The second kappa shape index (κ2) is 9.42. The van der Waals surface area contributed by atoms with Crippen molar-refractivity contribution in [2.24, 2.45) is 0 Å². The van der Waals surface area contributed by atoms with Crippen LogP contribution in [0.2, 0.25) is 0 Å². The first-order valence-corrected chi connectivity index (χ1v) is 9.64. The maximum Gasteiger partial charge on any atom is 0.254 e. The molecule has 2 amide bonds. The molecule has 156 valence electrons. The summed E-state index contributed by atoms with van der Waals surface area (Å²) in [5.74, 6) is 1.47. The number of benzene rings is 1. The highest BCUT2D eigenvalue weighted by atomic mass is 16.7. The summed E-state index contributed by atoms with van der Waals surface area (Å²) in [6, 6.07) is 6.65. The fourth-order valence-corrected chi connectivity index (χ4v) is 3.05. The Bertz CT molecular complexity index is 862. The molecule has 9 heteroatoms. The van der Waals surface area contributed by atoms with Gasteiger partial charge in [-0.1, -0.05) is 19.0 Å². The number of rotatable bonds is 9. The van der Waals surface area contributed by atoms with E-state index >= 15 is 0 Å². The molecule has 1 aliphatic heterocycles. The maximum absolute atomic E-state index is 13.1. The zero-order valence-corrected chi connectivity index (χ0v) is 16.9. The quantitative estimate of drug-likeness (QED) is 0.686. The van der Waals surface area contributed by atoms with Gasteiger partial charge in [0.2, 0.25) is 12.7 Å². The molecule has 2 aromatic rings. The third kappa shape index (κ3) is 5.26. The van der Waals surface area contributed by atoms with Crippen molar-refractivity contribution in [2.45, 2.75) is 20.8 Å². The Kier molecular flexibility index (Phi) is 6.71. The van der Waals surface area contributed by atoms with E-state index < -0.39 is 0 Å². The van der Waals surface area contributed by atoms with Gasteiger partial charge in [0, 0.05) is 24.7 Å². The third-order valence-corrected chi connectivity index (χ3v) is 4.72. The van der Waals surface area contributed by atoms with Crippen molar-refractivity contribution in [3.8, 4) is 11.5 Å². The van der Waals surface area contributed by atoms with Crippen molar-refractivity contribution in [3.05, 3.63) is 35.6 Å². The van der Waals surface area contributed by atoms with E-state index in [4.69, 9.17) is 14.0 Å². The number of likely N-dealkylation sites (N-methyl/N-ethyl adjacent to an activating group) is 1. The van der Waals surface area contributed by atoms with Crippen molar-refractivity contribution >= 4 is 17.6 Å². The molecule has 1 N–H and O–H groups in total. The number of hydrogen-bond acceptors (Lipinski definition) is 7. The lowest BCUT2D eigenvalue weighted by molar-refractivity contribution is -0.117. The van der Waals surface area contributed by atoms with E-state index in [0.29, 0.717) is 41.7 Å². The number of aryl methyl sites for hydroxylation is 1. The lowest BCUT2D eigenvalue weighted by Gasteiger charge is -2.26. The zero-order chi connectivity index (χ0) is 20.8. The molecule has 1 aromatic carbocycles. The second-order valence-corrected chi connectivity index (χ2v) is 6.69. The van der Waals surface area contributed by atoms with Crippen LogP contribution in [-0.2, 0) is 4.79 Å². The molecule has 0 atom stereocenters. The summed E-state index contributed by atoms with van der Waals surface area (Å²) in [6.45, 7) is 8.72. The summed E-state index contributed by atoms with van der Waals surface area (Å²) >= 11 is 0. The molecule has 0 aliphatic carbocycles. The molecular formula is C20H26N4O5. The van der Waals surface area contributed by atoms with E-state index in [1.807, 2.05) is 0 Å². The number of anilines is 1. The standard InChI is InChI=1S/C20H26N4O5/c1-4-23(5-2)8-9-24(12-19(25)21-18-10-14(3)29-22-18)20(26)15-6-7-16-17(11-15)28-13-27-16/h6-7,10-11H,4-5,8-9,12-13H2,1-3H3,(H,21,22,25). The molecule has 1 aliphatic rings. The third-order valence-electron chi connectivity index (χ3n) is 4.72. The maximum atomic E-state index is 13.1. The highest BCUT2D eigenvalue weighted by Gasteiger charge is 2.23. The van der Waals surface area contributed by atoms with E-state index in [1.54, 1.807) is 31.2 Å². The van der Waals surface area contributed by atoms with Gasteiger partial charge in [0.25, 0.3) is 5.91 Å². The number of fused-ring (bicyclic) bond motifs is 1. The average molecular weight is 402 g/mol. The topological polar surface area (TPSA) is 97.1 Å². The molecule has 0 bridgehead atoms. The fourth-order valence-electron chi connectivity index (χ4n) is 3.05. The first-order valence-electron chi connectivity index (χ1n) is 9.64. The van der Waals surface area contributed by atoms with E-state index in [1.165, 1.54) is 4.90 Å². The second-order valence-electron chi connectivity index (χ2n) is 6.69. The van der Waals surface area contributed by atoms with E-state index in [0.717, 1.165) is 13.1 Å². The van der Waals surface area contributed by atoms with Crippen LogP contribution in [0, 0.1) is 6.92 Å². The zero-order valence-electron chi connectivity index (χ0n) is 16.9. The summed E-state index contributed by atoms with van der Waals surface area (Å²) in [6.07, 6.45) is 0. The van der Waals surface area contributed by atoms with Crippen molar-refractivity contribution in [1.82, 2.24) is 15.0 Å². The first-order chi connectivity index (χ1) is 14.0. The van der Waals surface area contributed by atoms with Gasteiger partial charge >= 0.3 is 0 Å². The molecule has 0 saturated carbocycles. The van der Waals surface area contributed by atoms with Crippen molar-refractivity contribution in [3.63, 3.8) is 0 Å². The van der Waals surface area contributed by atoms with Gasteiger partial charge in [-0.15, -0.1) is 0 Å². The summed E-state index contributed by atoms with van der Waals surface area (Å²) < 4.78 is 15.6. The number of amides is 2. The number of aromatic nitrogens is 1. The number of ether oxygens (including phenoxy) is 2. The van der Waals surface area contributed by atoms with Gasteiger partial charge in [0.15, 0.2) is 17.3 Å². The predicted molar refractivity (Wildman–Crippen MR) is 106 cm³/mol. The van der Waals surface area contributed by atoms with E-state index in [2.05, 4.69) is 29.2 Å². The minimum atomic E-state index is -0.341. The molecule has 0 spiro atoms. The molecule has 0 fully saturated rings. The van der Waals surface area contributed by atoms with Crippen LogP contribution in [0.15, 0.2) is 28.8 Å². The molecule has 2 heterocycles. The molecular weight excluding hydrogens is 376 g/mol. The van der Waals surface area contributed by atoms with Crippen molar-refractivity contribution in [1.29, 1.82) is 0 Å². The van der Waals surface area contributed by atoms with Crippen LogP contribution in [0.4, 0.5) is 5.82 Å². The van der Waals surface area contributed by atoms with Gasteiger partial charge < -0.3 is 29.1 Å². The van der Waals surface area contributed by atoms with Gasteiger partial charge in [-0.2, -0.15) is 0 Å². The smallest absolute Gasteiger partial charge is 0.254 e.